The van der Waals surface area contributed by atoms with Gasteiger partial charge in [0.25, 0.3) is 0 Å². The predicted molar refractivity (Wildman–Crippen MR) is 152 cm³/mol. The number of carboxylic acids is 1. The van der Waals surface area contributed by atoms with Crippen molar-refractivity contribution in [3.63, 3.8) is 0 Å². The van der Waals surface area contributed by atoms with Crippen molar-refractivity contribution < 1.29 is 23.6 Å². The van der Waals surface area contributed by atoms with E-state index in [9.17, 15) is 13.8 Å². The van der Waals surface area contributed by atoms with Crippen molar-refractivity contribution in [2.24, 2.45) is 5.73 Å². The summed E-state index contributed by atoms with van der Waals surface area (Å²) in [7, 11) is -1.27. The van der Waals surface area contributed by atoms with E-state index in [0.717, 1.165) is 22.0 Å². The van der Waals surface area contributed by atoms with Crippen molar-refractivity contribution in [1.29, 1.82) is 0 Å². The van der Waals surface area contributed by atoms with Crippen molar-refractivity contribution in [3.8, 4) is 5.75 Å². The second kappa shape index (κ2) is 11.9. The lowest BCUT2D eigenvalue weighted by Crippen LogP contribution is -2.32. The van der Waals surface area contributed by atoms with Gasteiger partial charge >= 0.3 is 5.97 Å². The number of thiophene rings is 1. The maximum Gasteiger partial charge on any atom is 0.320 e. The fourth-order valence-electron chi connectivity index (χ4n) is 4.16. The summed E-state index contributed by atoms with van der Waals surface area (Å²) >= 11 is 12.8. The lowest BCUT2D eigenvalue weighted by molar-refractivity contribution is -0.140. The number of benzene rings is 2. The van der Waals surface area contributed by atoms with E-state index in [4.69, 9.17) is 43.5 Å². The van der Waals surface area contributed by atoms with Crippen LogP contribution in [0.25, 0.3) is 10.9 Å². The number of hydrogen-bond acceptors (Lipinski definition) is 8. The number of nitrogens with zero attached hydrogens (tertiary/aromatic N) is 2. The summed E-state index contributed by atoms with van der Waals surface area (Å²) in [6.45, 7) is 0.429. The number of aryl methyl sites for hydroxylation is 1. The number of ether oxygens (including phenoxy) is 1. The Morgan fingerprint density at radius 3 is 2.63 bits per heavy atom. The molecule has 8 nitrogen and oxygen atoms in total. The van der Waals surface area contributed by atoms with Crippen LogP contribution < -0.4 is 10.5 Å². The molecule has 38 heavy (non-hydrogen) atoms. The molecule has 3 N–H and O–H groups in total. The van der Waals surface area contributed by atoms with Gasteiger partial charge < -0.3 is 15.6 Å². The van der Waals surface area contributed by atoms with Gasteiger partial charge in [-0.05, 0) is 53.0 Å². The molecule has 0 bridgehead atoms. The number of fused-ring (bicyclic) bond motifs is 1. The quantitative estimate of drug-likeness (QED) is 0.248. The van der Waals surface area contributed by atoms with Crippen LogP contribution >= 0.6 is 22.9 Å². The Labute approximate surface area is 234 Å². The average molecular weight is 592 g/mol. The molecule has 0 saturated carbocycles. The zero-order valence-corrected chi connectivity index (χ0v) is 23.7. The van der Waals surface area contributed by atoms with Gasteiger partial charge in [0.05, 0.1) is 53.0 Å². The van der Waals surface area contributed by atoms with Crippen LogP contribution in [-0.4, -0.2) is 44.0 Å². The van der Waals surface area contributed by atoms with Crippen LogP contribution in [0.3, 0.4) is 0 Å². The Kier molecular flexibility index (Phi) is 8.84. The van der Waals surface area contributed by atoms with Crippen molar-refractivity contribution in [2.75, 3.05) is 7.11 Å². The molecule has 200 valence electrons. The second-order valence-corrected chi connectivity index (χ2v) is 14.3. The van der Waals surface area contributed by atoms with E-state index in [2.05, 4.69) is 0 Å². The molecule has 0 aliphatic carbocycles. The van der Waals surface area contributed by atoms with Crippen LogP contribution in [-0.2, 0) is 48.0 Å². The summed E-state index contributed by atoms with van der Waals surface area (Å²) in [5, 5.41) is 14.5. The van der Waals surface area contributed by atoms with E-state index in [1.807, 2.05) is 47.1 Å². The topological polar surface area (TPSA) is 125 Å². The standard InChI is InChI=1S/C26H26ClN3O5S3/c1-35-22-7-3-6-21-25(22)20(15-38(34,36)24-11-10-23(27)37-24)29-30(21)14-17-5-2-4-16(12-17)8-9-18(31)13-19(28)26(32)33/h2-7,10-12,19H,8-9,13-15,28H2,1H3,(H,32,33)/t19-,38?/m0/s1. The normalized spacial score (nSPS) is 13.8. The molecule has 0 spiro atoms. The molecule has 0 aliphatic rings. The maximum atomic E-state index is 13.5. The predicted octanol–water partition coefficient (Wildman–Crippen LogP) is 4.42. The van der Waals surface area contributed by atoms with Gasteiger partial charge in [0.2, 0.25) is 0 Å². The van der Waals surface area contributed by atoms with E-state index in [-0.39, 0.29) is 24.4 Å². The van der Waals surface area contributed by atoms with Gasteiger partial charge in [0.1, 0.15) is 17.6 Å². The Balaban J connectivity index is 1.59. The largest absolute Gasteiger partial charge is 0.496 e. The summed E-state index contributed by atoms with van der Waals surface area (Å²) in [6.07, 6.45) is 0.484. The first-order chi connectivity index (χ1) is 18.1. The molecular weight excluding hydrogens is 566 g/mol. The fourth-order valence-corrected chi connectivity index (χ4v) is 7.81. The second-order valence-electron chi connectivity index (χ2n) is 8.78. The molecule has 0 saturated heterocycles. The van der Waals surface area contributed by atoms with Crippen LogP contribution in [0.15, 0.2) is 58.8 Å². The summed E-state index contributed by atoms with van der Waals surface area (Å²) in [6, 6.07) is 15.6. The highest BCUT2D eigenvalue weighted by atomic mass is 35.5. The molecule has 0 fully saturated rings. The van der Waals surface area contributed by atoms with Gasteiger partial charge in [-0.3, -0.25) is 18.5 Å². The number of rotatable bonds is 12. The highest BCUT2D eigenvalue weighted by molar-refractivity contribution is 8.33. The van der Waals surface area contributed by atoms with Gasteiger partial charge in [0.15, 0.2) is 0 Å². The van der Waals surface area contributed by atoms with Crippen LogP contribution in [0.1, 0.15) is 29.7 Å². The Morgan fingerprint density at radius 1 is 1.21 bits per heavy atom. The third kappa shape index (κ3) is 6.59. The third-order valence-electron chi connectivity index (χ3n) is 6.00. The van der Waals surface area contributed by atoms with E-state index in [0.29, 0.717) is 33.0 Å². The summed E-state index contributed by atoms with van der Waals surface area (Å²) < 4.78 is 22.0. The molecule has 2 aromatic heterocycles. The molecule has 2 heterocycles. The molecule has 2 aromatic carbocycles. The number of Topliss-reactive ketones (excluding diaryl/α,β-unsaturated/α-hetero) is 1. The molecule has 0 amide bonds. The van der Waals surface area contributed by atoms with Crippen LogP contribution in [0.2, 0.25) is 4.34 Å². The van der Waals surface area contributed by atoms with Gasteiger partial charge in [-0.2, -0.15) is 5.10 Å². The van der Waals surface area contributed by atoms with E-state index < -0.39 is 20.5 Å². The van der Waals surface area contributed by atoms with E-state index in [1.165, 1.54) is 11.3 Å². The Bertz CT molecular complexity index is 1600. The number of ketones is 1. The minimum absolute atomic E-state index is 0.0592. The number of carbonyl (C=O) groups excluding carboxylic acids is 1. The number of hydrogen-bond donors (Lipinski definition) is 2. The van der Waals surface area contributed by atoms with E-state index in [1.54, 1.807) is 19.2 Å². The molecule has 0 aliphatic heterocycles. The lowest BCUT2D eigenvalue weighted by atomic mass is 10.0. The monoisotopic (exact) mass is 591 g/mol. The summed E-state index contributed by atoms with van der Waals surface area (Å²) in [5.41, 5.74) is 8.77. The van der Waals surface area contributed by atoms with Gasteiger partial charge in [-0.25, -0.2) is 0 Å². The Hall–Kier alpha value is -2.83. The molecule has 12 heteroatoms. The average Bonchev–Trinajstić information content (AvgIpc) is 3.47. The molecule has 4 aromatic rings. The number of carboxylic acid groups (broad SMARTS) is 1. The van der Waals surface area contributed by atoms with Crippen LogP contribution in [0.4, 0.5) is 0 Å². The first-order valence-corrected chi connectivity index (χ1v) is 15.5. The number of aliphatic carboxylic acids is 1. The fraction of sp³-hybridized carbons (Fsp3) is 0.269. The lowest BCUT2D eigenvalue weighted by Gasteiger charge is -2.08. The van der Waals surface area contributed by atoms with Gasteiger partial charge in [-0.15, -0.1) is 11.3 Å². The van der Waals surface area contributed by atoms with Crippen molar-refractivity contribution in [1.82, 2.24) is 9.78 Å². The molecule has 0 radical (unpaired) electrons. The zero-order valence-electron chi connectivity index (χ0n) is 20.5. The molecule has 2 atom stereocenters. The minimum Gasteiger partial charge on any atom is -0.496 e. The van der Waals surface area contributed by atoms with Crippen LogP contribution in [0, 0.1) is 0 Å². The minimum atomic E-state index is -2.85. The number of aromatic nitrogens is 2. The summed E-state index contributed by atoms with van der Waals surface area (Å²) in [4.78, 5) is 23.0. The highest BCUT2D eigenvalue weighted by Crippen LogP contribution is 2.33. The number of nitrogens with two attached hydrogens (primary N) is 1. The van der Waals surface area contributed by atoms with Gasteiger partial charge in [0, 0.05) is 12.8 Å². The molecule has 1 unspecified atom stereocenters. The van der Waals surface area contributed by atoms with Crippen molar-refractivity contribution in [3.05, 3.63) is 75.8 Å². The summed E-state index contributed by atoms with van der Waals surface area (Å²) in [5.74, 6) is -0.706. The number of carbonyl (C=O) groups is 2. The van der Waals surface area contributed by atoms with Crippen molar-refractivity contribution in [2.45, 2.75) is 41.8 Å². The highest BCUT2D eigenvalue weighted by Gasteiger charge is 2.22. The third-order valence-corrected chi connectivity index (χ3v) is 10.7. The molecule has 4 rings (SSSR count). The molecular formula is C26H26ClN3O5S3. The SMILES string of the molecule is COc1cccc2c1c(CS(=O)(=S)c1ccc(Cl)s1)nn2Cc1cccc(CCC(=O)C[C@H](N)C(=O)O)c1. The first kappa shape index (κ1) is 28.2. The smallest absolute Gasteiger partial charge is 0.320 e. The van der Waals surface area contributed by atoms with Gasteiger partial charge in [-0.1, -0.05) is 41.9 Å². The van der Waals surface area contributed by atoms with Crippen molar-refractivity contribution >= 4 is 65.3 Å². The zero-order chi connectivity index (χ0) is 27.4. The number of halogens is 1. The van der Waals surface area contributed by atoms with Crippen LogP contribution in [0.5, 0.6) is 5.75 Å². The first-order valence-electron chi connectivity index (χ1n) is 11.7. The number of methoxy groups -OCH3 is 1. The Morgan fingerprint density at radius 2 is 1.95 bits per heavy atom. The van der Waals surface area contributed by atoms with E-state index >= 15 is 0 Å². The maximum absolute atomic E-state index is 13.5.